The zero-order valence-electron chi connectivity index (χ0n) is 12.7. The Balaban J connectivity index is 2.71. The van der Waals surface area contributed by atoms with E-state index in [1.165, 1.54) is 0 Å². The van der Waals surface area contributed by atoms with Gasteiger partial charge in [0.2, 0.25) is 0 Å². The SMILES string of the molecule is COc1ccccc1NC(=O)NC(CCN)C(C)(C)C. The molecule has 5 heteroatoms. The van der Waals surface area contributed by atoms with Crippen molar-refractivity contribution >= 4 is 11.7 Å². The number of anilines is 1. The fourth-order valence-corrected chi connectivity index (χ4v) is 1.95. The van der Waals surface area contributed by atoms with E-state index in [9.17, 15) is 4.79 Å². The lowest BCUT2D eigenvalue weighted by atomic mass is 9.85. The van der Waals surface area contributed by atoms with Crippen LogP contribution in [0.15, 0.2) is 24.3 Å². The normalized spacial score (nSPS) is 12.7. The topological polar surface area (TPSA) is 76.4 Å². The first-order chi connectivity index (χ1) is 9.38. The first-order valence-corrected chi connectivity index (χ1v) is 6.79. The van der Waals surface area contributed by atoms with Crippen molar-refractivity contribution in [3.05, 3.63) is 24.3 Å². The van der Waals surface area contributed by atoms with Crippen LogP contribution in [0.2, 0.25) is 0 Å². The van der Waals surface area contributed by atoms with Crippen molar-refractivity contribution < 1.29 is 9.53 Å². The summed E-state index contributed by atoms with van der Waals surface area (Å²) in [4.78, 5) is 12.1. The molecule has 20 heavy (non-hydrogen) atoms. The van der Waals surface area contributed by atoms with Crippen LogP contribution < -0.4 is 21.1 Å². The van der Waals surface area contributed by atoms with E-state index >= 15 is 0 Å². The number of hydrogen-bond donors (Lipinski definition) is 3. The van der Waals surface area contributed by atoms with Gasteiger partial charge in [-0.1, -0.05) is 32.9 Å². The third kappa shape index (κ3) is 4.74. The van der Waals surface area contributed by atoms with Gasteiger partial charge in [-0.05, 0) is 30.5 Å². The molecule has 2 amide bonds. The Labute approximate surface area is 120 Å². The Bertz CT molecular complexity index is 441. The summed E-state index contributed by atoms with van der Waals surface area (Å²) in [5.74, 6) is 0.633. The predicted molar refractivity (Wildman–Crippen MR) is 82.1 cm³/mol. The second-order valence-electron chi connectivity index (χ2n) is 5.79. The Morgan fingerprint density at radius 3 is 2.55 bits per heavy atom. The average Bonchev–Trinajstić information content (AvgIpc) is 2.37. The van der Waals surface area contributed by atoms with E-state index in [1.807, 2.05) is 12.1 Å². The van der Waals surface area contributed by atoms with Gasteiger partial charge in [0.25, 0.3) is 0 Å². The van der Waals surface area contributed by atoms with Crippen LogP contribution in [0.3, 0.4) is 0 Å². The third-order valence-corrected chi connectivity index (χ3v) is 3.16. The van der Waals surface area contributed by atoms with Crippen LogP contribution in [0.1, 0.15) is 27.2 Å². The molecule has 1 unspecified atom stereocenters. The maximum Gasteiger partial charge on any atom is 0.319 e. The summed E-state index contributed by atoms with van der Waals surface area (Å²) < 4.78 is 5.20. The van der Waals surface area contributed by atoms with Crippen LogP contribution in [0.5, 0.6) is 5.75 Å². The minimum atomic E-state index is -0.247. The molecular formula is C15H25N3O2. The maximum atomic E-state index is 12.1. The molecule has 0 aliphatic carbocycles. The molecule has 0 aromatic heterocycles. The molecule has 1 aromatic rings. The molecule has 1 aromatic carbocycles. The standard InChI is InChI=1S/C15H25N3O2/c1-15(2,3)13(9-10-16)18-14(19)17-11-7-5-6-8-12(11)20-4/h5-8,13H,9-10,16H2,1-4H3,(H2,17,18,19). The third-order valence-electron chi connectivity index (χ3n) is 3.16. The highest BCUT2D eigenvalue weighted by atomic mass is 16.5. The van der Waals surface area contributed by atoms with Crippen molar-refractivity contribution in [2.45, 2.75) is 33.2 Å². The predicted octanol–water partition coefficient (Wildman–Crippen LogP) is 2.58. The molecule has 0 saturated heterocycles. The average molecular weight is 279 g/mol. The first-order valence-electron chi connectivity index (χ1n) is 6.79. The van der Waals surface area contributed by atoms with Gasteiger partial charge in [-0.25, -0.2) is 4.79 Å². The lowest BCUT2D eigenvalue weighted by molar-refractivity contribution is 0.224. The Morgan fingerprint density at radius 1 is 1.35 bits per heavy atom. The van der Waals surface area contributed by atoms with Gasteiger partial charge in [0, 0.05) is 6.04 Å². The van der Waals surface area contributed by atoms with Crippen LogP contribution in [0, 0.1) is 5.41 Å². The zero-order valence-corrected chi connectivity index (χ0v) is 12.7. The van der Waals surface area contributed by atoms with Crippen molar-refractivity contribution in [1.29, 1.82) is 0 Å². The van der Waals surface area contributed by atoms with Crippen molar-refractivity contribution in [3.8, 4) is 5.75 Å². The summed E-state index contributed by atoms with van der Waals surface area (Å²) in [6.45, 7) is 6.78. The minimum Gasteiger partial charge on any atom is -0.495 e. The highest BCUT2D eigenvalue weighted by Gasteiger charge is 2.25. The Morgan fingerprint density at radius 2 is 2.00 bits per heavy atom. The number of nitrogens with one attached hydrogen (secondary N) is 2. The molecule has 0 fully saturated rings. The molecule has 112 valence electrons. The highest BCUT2D eigenvalue weighted by Crippen LogP contribution is 2.24. The van der Waals surface area contributed by atoms with E-state index < -0.39 is 0 Å². The molecule has 0 heterocycles. The van der Waals surface area contributed by atoms with E-state index in [0.717, 1.165) is 6.42 Å². The molecule has 0 aliphatic heterocycles. The lowest BCUT2D eigenvalue weighted by Crippen LogP contribution is -2.46. The van der Waals surface area contributed by atoms with E-state index in [1.54, 1.807) is 19.2 Å². The van der Waals surface area contributed by atoms with E-state index in [2.05, 4.69) is 31.4 Å². The second kappa shape index (κ2) is 7.14. The van der Waals surface area contributed by atoms with E-state index in [0.29, 0.717) is 18.0 Å². The van der Waals surface area contributed by atoms with Gasteiger partial charge < -0.3 is 21.1 Å². The number of methoxy groups -OCH3 is 1. The van der Waals surface area contributed by atoms with Crippen LogP contribution >= 0.6 is 0 Å². The first kappa shape index (κ1) is 16.3. The van der Waals surface area contributed by atoms with Gasteiger partial charge in [0.1, 0.15) is 5.75 Å². The number of amides is 2. The summed E-state index contributed by atoms with van der Waals surface area (Å²) in [6.07, 6.45) is 0.739. The summed E-state index contributed by atoms with van der Waals surface area (Å²) in [7, 11) is 1.57. The number of urea groups is 1. The fraction of sp³-hybridized carbons (Fsp3) is 0.533. The monoisotopic (exact) mass is 279 g/mol. The van der Waals surface area contributed by atoms with Crippen LogP contribution in [-0.4, -0.2) is 25.7 Å². The number of hydrogen-bond acceptors (Lipinski definition) is 3. The molecule has 5 nitrogen and oxygen atoms in total. The summed E-state index contributed by atoms with van der Waals surface area (Å²) >= 11 is 0. The van der Waals surface area contributed by atoms with Gasteiger partial charge in [-0.3, -0.25) is 0 Å². The van der Waals surface area contributed by atoms with Crippen molar-refractivity contribution in [1.82, 2.24) is 5.32 Å². The van der Waals surface area contributed by atoms with Crippen molar-refractivity contribution in [2.24, 2.45) is 11.1 Å². The Kier molecular flexibility index (Phi) is 5.82. The van der Waals surface area contributed by atoms with Gasteiger partial charge in [0.05, 0.1) is 12.8 Å². The molecular weight excluding hydrogens is 254 g/mol. The van der Waals surface area contributed by atoms with E-state index in [-0.39, 0.29) is 17.5 Å². The molecule has 1 rings (SSSR count). The molecule has 4 N–H and O–H groups in total. The summed E-state index contributed by atoms with van der Waals surface area (Å²) in [6, 6.07) is 7.07. The lowest BCUT2D eigenvalue weighted by Gasteiger charge is -2.31. The van der Waals surface area contributed by atoms with E-state index in [4.69, 9.17) is 10.5 Å². The number of carbonyl (C=O) groups is 1. The number of nitrogens with two attached hydrogens (primary N) is 1. The zero-order chi connectivity index (χ0) is 15.2. The maximum absolute atomic E-state index is 12.1. The quantitative estimate of drug-likeness (QED) is 0.775. The van der Waals surface area contributed by atoms with Crippen LogP contribution in [0.25, 0.3) is 0 Å². The number of carbonyl (C=O) groups excluding carboxylic acids is 1. The highest BCUT2D eigenvalue weighted by molar-refractivity contribution is 5.91. The molecule has 0 radical (unpaired) electrons. The van der Waals surface area contributed by atoms with Gasteiger partial charge >= 0.3 is 6.03 Å². The molecule has 1 atom stereocenters. The van der Waals surface area contributed by atoms with Gasteiger partial charge in [-0.15, -0.1) is 0 Å². The number of para-hydroxylation sites is 2. The van der Waals surface area contributed by atoms with Crippen molar-refractivity contribution in [3.63, 3.8) is 0 Å². The smallest absolute Gasteiger partial charge is 0.319 e. The largest absolute Gasteiger partial charge is 0.495 e. The minimum absolute atomic E-state index is 0.0159. The van der Waals surface area contributed by atoms with Crippen LogP contribution in [0.4, 0.5) is 10.5 Å². The second-order valence-corrected chi connectivity index (χ2v) is 5.79. The molecule has 0 saturated carbocycles. The van der Waals surface area contributed by atoms with Crippen LogP contribution in [-0.2, 0) is 0 Å². The van der Waals surface area contributed by atoms with Crippen molar-refractivity contribution in [2.75, 3.05) is 19.0 Å². The number of benzene rings is 1. The summed E-state index contributed by atoms with van der Waals surface area (Å²) in [5.41, 5.74) is 6.21. The molecule has 0 spiro atoms. The fourth-order valence-electron chi connectivity index (χ4n) is 1.95. The van der Waals surface area contributed by atoms with Gasteiger partial charge in [0.15, 0.2) is 0 Å². The Hall–Kier alpha value is -1.75. The number of ether oxygens (including phenoxy) is 1. The molecule has 0 aliphatic rings. The van der Waals surface area contributed by atoms with Gasteiger partial charge in [-0.2, -0.15) is 0 Å². The molecule has 0 bridgehead atoms. The summed E-state index contributed by atoms with van der Waals surface area (Å²) in [5, 5.41) is 5.78. The number of rotatable bonds is 5.